The Hall–Kier alpha value is -5.48. The molecule has 0 saturated carbocycles. The number of H-pyrrole nitrogens is 3. The van der Waals surface area contributed by atoms with Crippen molar-refractivity contribution in [3.8, 4) is 0 Å². The molecule has 8 rings (SSSR count). The van der Waals surface area contributed by atoms with E-state index in [-0.39, 0.29) is 29.5 Å². The van der Waals surface area contributed by atoms with Crippen molar-refractivity contribution >= 4 is 0 Å². The first-order chi connectivity index (χ1) is 28.9. The molecular weight excluding hydrogens is 757 g/mol. The van der Waals surface area contributed by atoms with E-state index in [2.05, 4.69) is 111 Å². The minimum absolute atomic E-state index is 0.203. The Balaban J connectivity index is 1.28. The Morgan fingerprint density at radius 1 is 0.733 bits per heavy atom. The van der Waals surface area contributed by atoms with E-state index in [4.69, 9.17) is 26.2 Å². The largest absolute Gasteiger partial charge is 0.343 e. The summed E-state index contributed by atoms with van der Waals surface area (Å²) in [5.74, 6) is 1.12. The van der Waals surface area contributed by atoms with Gasteiger partial charge in [0.15, 0.2) is 0 Å². The van der Waals surface area contributed by atoms with Gasteiger partial charge in [0.2, 0.25) is 0 Å². The Kier molecular flexibility index (Phi) is 11.4. The van der Waals surface area contributed by atoms with E-state index in [0.29, 0.717) is 31.0 Å². The van der Waals surface area contributed by atoms with Crippen LogP contribution in [-0.2, 0) is 59.8 Å². The van der Waals surface area contributed by atoms with Crippen molar-refractivity contribution in [2.24, 2.45) is 18.5 Å². The van der Waals surface area contributed by atoms with Crippen molar-refractivity contribution in [3.05, 3.63) is 172 Å². The summed E-state index contributed by atoms with van der Waals surface area (Å²) < 4.78 is 1.36. The Bertz CT molecular complexity index is 2640. The first-order valence-corrected chi connectivity index (χ1v) is 20.7. The van der Waals surface area contributed by atoms with Crippen LogP contribution in [0, 0.1) is 6.92 Å². The van der Waals surface area contributed by atoms with Gasteiger partial charge in [0.05, 0.1) is 31.1 Å². The molecule has 0 fully saturated rings. The quantitative estimate of drug-likeness (QED) is 0.0833. The maximum atomic E-state index is 13.1. The minimum Gasteiger partial charge on any atom is -0.328 e. The topological polar surface area (TPSA) is 207 Å². The highest BCUT2D eigenvalue weighted by atomic mass is 16.6. The first-order valence-electron chi connectivity index (χ1n) is 20.7. The molecule has 2 heterocycles. The van der Waals surface area contributed by atoms with E-state index in [1.54, 1.807) is 21.3 Å². The van der Waals surface area contributed by atoms with Crippen LogP contribution in [0.2, 0.25) is 0 Å². The van der Waals surface area contributed by atoms with Gasteiger partial charge in [-0.2, -0.15) is 21.2 Å². The van der Waals surface area contributed by atoms with E-state index in [1.165, 1.54) is 15.8 Å². The standard InChI is InChI=1S/C46H56N10O4/c1-26-7-15-36-30(19-26)9-11-32-21-34(13-17-38(32)45(36,23-27(2)47)41-50-43(57)53-52-41)40(55-60-6)35-14-18-39-33(22-35)12-10-31-20-29(25-49-59-5)8-16-37(31)46(39,24-28(3)48)42-51-44(58)56(4)54-42/h7-8,13-22,27-28,40,49,55H,9-12,23-25,47-48H2,1-6H3,(H,51,54,58)(H2,50,52,53,57)/t27-,28-,40?,45?,46?/m0/s1. The second-order valence-corrected chi connectivity index (χ2v) is 16.9. The molecule has 60 heavy (non-hydrogen) atoms. The number of hydroxylamine groups is 2. The number of fused-ring (bicyclic) bond motifs is 4. The summed E-state index contributed by atoms with van der Waals surface area (Å²) in [7, 11) is 4.91. The van der Waals surface area contributed by atoms with E-state index in [9.17, 15) is 9.59 Å². The lowest BCUT2D eigenvalue weighted by Gasteiger charge is -2.37. The molecule has 314 valence electrons. The molecule has 3 unspecified atom stereocenters. The molecular formula is C46H56N10O4. The molecule has 0 bridgehead atoms. The molecule has 4 aromatic carbocycles. The summed E-state index contributed by atoms with van der Waals surface area (Å²) in [6.07, 6.45) is 4.16. The molecule has 6 aromatic rings. The summed E-state index contributed by atoms with van der Waals surface area (Å²) in [5.41, 5.74) is 30.6. The maximum Gasteiger partial charge on any atom is 0.343 e. The van der Waals surface area contributed by atoms with Gasteiger partial charge >= 0.3 is 11.4 Å². The van der Waals surface area contributed by atoms with Gasteiger partial charge in [0.1, 0.15) is 11.6 Å². The van der Waals surface area contributed by atoms with Crippen LogP contribution in [0.4, 0.5) is 0 Å². The van der Waals surface area contributed by atoms with Crippen LogP contribution in [0.15, 0.2) is 82.4 Å². The summed E-state index contributed by atoms with van der Waals surface area (Å²) in [5, 5.41) is 12.0. The van der Waals surface area contributed by atoms with Gasteiger partial charge in [-0.1, -0.05) is 78.4 Å². The van der Waals surface area contributed by atoms with Gasteiger partial charge in [0, 0.05) is 25.7 Å². The molecule has 14 heteroatoms. The number of aromatic nitrogens is 6. The van der Waals surface area contributed by atoms with Crippen molar-refractivity contribution in [1.82, 2.24) is 40.9 Å². The van der Waals surface area contributed by atoms with E-state index >= 15 is 0 Å². The summed E-state index contributed by atoms with van der Waals surface area (Å²) in [4.78, 5) is 42.8. The highest BCUT2D eigenvalue weighted by molar-refractivity contribution is 5.59. The number of aromatic amines is 3. The fraction of sp³-hybridized carbons (Fsp3) is 0.391. The van der Waals surface area contributed by atoms with Crippen LogP contribution < -0.4 is 33.8 Å². The number of rotatable bonds is 13. The van der Waals surface area contributed by atoms with Crippen molar-refractivity contribution < 1.29 is 9.68 Å². The zero-order valence-electron chi connectivity index (χ0n) is 35.2. The third-order valence-electron chi connectivity index (χ3n) is 12.5. The normalized spacial score (nSPS) is 19.9. The number of nitrogens with zero attached hydrogens (tertiary/aromatic N) is 3. The third kappa shape index (κ3) is 7.27. The molecule has 2 aliphatic rings. The van der Waals surface area contributed by atoms with Gasteiger partial charge in [-0.15, -0.1) is 0 Å². The lowest BCUT2D eigenvalue weighted by Crippen LogP contribution is -2.38. The van der Waals surface area contributed by atoms with Crippen LogP contribution >= 0.6 is 0 Å². The van der Waals surface area contributed by atoms with Gasteiger partial charge in [-0.3, -0.25) is 9.97 Å². The van der Waals surface area contributed by atoms with Gasteiger partial charge < -0.3 is 21.1 Å². The predicted molar refractivity (Wildman–Crippen MR) is 230 cm³/mol. The molecule has 2 aromatic heterocycles. The molecule has 14 nitrogen and oxygen atoms in total. The van der Waals surface area contributed by atoms with Crippen LogP contribution in [0.5, 0.6) is 0 Å². The number of benzene rings is 4. The minimum atomic E-state index is -0.834. The van der Waals surface area contributed by atoms with Gasteiger partial charge in [0.25, 0.3) is 0 Å². The molecule has 0 saturated heterocycles. The van der Waals surface area contributed by atoms with Crippen LogP contribution in [0.3, 0.4) is 0 Å². The highest BCUT2D eigenvalue weighted by Gasteiger charge is 2.46. The second kappa shape index (κ2) is 16.5. The van der Waals surface area contributed by atoms with Crippen molar-refractivity contribution in [1.29, 1.82) is 0 Å². The zero-order chi connectivity index (χ0) is 42.3. The van der Waals surface area contributed by atoms with Crippen molar-refractivity contribution in [2.45, 2.75) is 94.8 Å². The number of nitrogens with one attached hydrogen (secondary N) is 5. The Morgan fingerprint density at radius 3 is 1.77 bits per heavy atom. The average molecular weight is 813 g/mol. The number of nitrogens with two attached hydrogens (primary N) is 2. The Morgan fingerprint density at radius 2 is 1.27 bits per heavy atom. The van der Waals surface area contributed by atoms with Crippen LogP contribution in [-0.4, -0.2) is 56.2 Å². The summed E-state index contributed by atoms with van der Waals surface area (Å²) in [6, 6.07) is 25.4. The fourth-order valence-corrected chi connectivity index (χ4v) is 10.2. The fourth-order valence-electron chi connectivity index (χ4n) is 10.2. The maximum absolute atomic E-state index is 13.1. The van der Waals surface area contributed by atoms with E-state index in [1.807, 2.05) is 13.8 Å². The zero-order valence-corrected chi connectivity index (χ0v) is 35.2. The number of hydrogen-bond acceptors (Lipinski definition) is 10. The van der Waals surface area contributed by atoms with E-state index in [0.717, 1.165) is 81.3 Å². The SMILES string of the molecule is CONCc1ccc2c(c1)CCc1cc(C(NOC)c3ccc4c(c3)CCc3cc(C)ccc3C4(C[C@H](C)N)c3n[nH]c(=O)[nH]3)ccc1C2(C[C@H](C)N)c1nn(C)c(=O)[nH]1. The third-order valence-corrected chi connectivity index (χ3v) is 12.5. The highest BCUT2D eigenvalue weighted by Crippen LogP contribution is 2.49. The van der Waals surface area contributed by atoms with Crippen molar-refractivity contribution in [2.75, 3.05) is 14.2 Å². The molecule has 2 aliphatic carbocycles. The summed E-state index contributed by atoms with van der Waals surface area (Å²) >= 11 is 0. The molecule has 0 aliphatic heterocycles. The van der Waals surface area contributed by atoms with Crippen LogP contribution in [0.1, 0.15) is 111 Å². The van der Waals surface area contributed by atoms with E-state index < -0.39 is 10.8 Å². The molecule has 0 amide bonds. The Labute approximate surface area is 349 Å². The average Bonchev–Trinajstić information content (AvgIpc) is 3.75. The molecule has 9 N–H and O–H groups in total. The lowest BCUT2D eigenvalue weighted by molar-refractivity contribution is 0.0716. The predicted octanol–water partition coefficient (Wildman–Crippen LogP) is 4.06. The van der Waals surface area contributed by atoms with Gasteiger partial charge in [-0.25, -0.2) is 19.4 Å². The lowest BCUT2D eigenvalue weighted by atomic mass is 9.67. The summed E-state index contributed by atoms with van der Waals surface area (Å²) in [6.45, 7) is 6.65. The van der Waals surface area contributed by atoms with Crippen molar-refractivity contribution in [3.63, 3.8) is 0 Å². The molecule has 0 radical (unpaired) electrons. The smallest absolute Gasteiger partial charge is 0.328 e. The van der Waals surface area contributed by atoms with Crippen LogP contribution in [0.25, 0.3) is 0 Å². The number of aryl methyl sites for hydroxylation is 6. The first kappa shape index (κ1) is 41.3. The molecule has 0 spiro atoms. The monoisotopic (exact) mass is 812 g/mol. The molecule has 5 atom stereocenters. The number of hydrogen-bond donors (Lipinski definition) is 7. The second-order valence-electron chi connectivity index (χ2n) is 16.9. The van der Waals surface area contributed by atoms with Gasteiger partial charge in [-0.05, 0) is 120 Å².